The lowest BCUT2D eigenvalue weighted by Crippen LogP contribution is -2.33. The van der Waals surface area contributed by atoms with E-state index in [1.807, 2.05) is 24.3 Å². The summed E-state index contributed by atoms with van der Waals surface area (Å²) in [6.07, 6.45) is 4.33. The fourth-order valence-electron chi connectivity index (χ4n) is 2.68. The first-order valence-electron chi connectivity index (χ1n) is 8.19. The van der Waals surface area contributed by atoms with Crippen molar-refractivity contribution in [1.82, 2.24) is 14.8 Å². The van der Waals surface area contributed by atoms with Gasteiger partial charge in [0.05, 0.1) is 24.0 Å². The summed E-state index contributed by atoms with van der Waals surface area (Å²) in [5.41, 5.74) is 0.310. The third-order valence-electron chi connectivity index (χ3n) is 3.97. The first-order chi connectivity index (χ1) is 13.1. The number of ether oxygens (including phenoxy) is 2. The van der Waals surface area contributed by atoms with Crippen LogP contribution in [-0.2, 0) is 6.54 Å². The number of para-hydroxylation sites is 2. The molecule has 3 aromatic rings. The lowest BCUT2D eigenvalue weighted by Gasteiger charge is -2.26. The van der Waals surface area contributed by atoms with Gasteiger partial charge in [0.1, 0.15) is 11.6 Å². The maximum absolute atomic E-state index is 12.2. The van der Waals surface area contributed by atoms with Gasteiger partial charge in [-0.3, -0.25) is 14.3 Å². The predicted molar refractivity (Wildman–Crippen MR) is 98.6 cm³/mol. The molecule has 1 aliphatic rings. The average molecular weight is 387 g/mol. The summed E-state index contributed by atoms with van der Waals surface area (Å²) in [6, 6.07) is 8.79. The number of carbonyl (C=O) groups is 1. The molecule has 8 nitrogen and oxygen atoms in total. The molecular weight excluding hydrogens is 372 g/mol. The minimum absolute atomic E-state index is 0.0481. The van der Waals surface area contributed by atoms with Crippen molar-refractivity contribution in [2.45, 2.75) is 12.6 Å². The van der Waals surface area contributed by atoms with Crippen molar-refractivity contribution in [3.63, 3.8) is 0 Å². The number of H-pyrrole nitrogens is 1. The summed E-state index contributed by atoms with van der Waals surface area (Å²) < 4.78 is 13.2. The van der Waals surface area contributed by atoms with Gasteiger partial charge in [-0.25, -0.2) is 0 Å². The highest BCUT2D eigenvalue weighted by Crippen LogP contribution is 2.31. The number of aromatic nitrogens is 3. The van der Waals surface area contributed by atoms with Gasteiger partial charge in [0.25, 0.3) is 11.5 Å². The zero-order chi connectivity index (χ0) is 18.8. The third kappa shape index (κ3) is 3.80. The maximum atomic E-state index is 12.2. The van der Waals surface area contributed by atoms with E-state index >= 15 is 0 Å². The minimum Gasteiger partial charge on any atom is -0.486 e. The summed E-state index contributed by atoms with van der Waals surface area (Å²) in [5.74, 6) is 1.02. The fourth-order valence-corrected chi connectivity index (χ4v) is 2.85. The van der Waals surface area contributed by atoms with Crippen LogP contribution in [0.15, 0.2) is 53.7 Å². The van der Waals surface area contributed by atoms with Crippen LogP contribution in [0.2, 0.25) is 5.02 Å². The van der Waals surface area contributed by atoms with Crippen LogP contribution in [0.1, 0.15) is 10.4 Å². The van der Waals surface area contributed by atoms with Crippen LogP contribution in [0.3, 0.4) is 0 Å². The van der Waals surface area contributed by atoms with Gasteiger partial charge in [0, 0.05) is 12.4 Å². The van der Waals surface area contributed by atoms with Crippen molar-refractivity contribution >= 4 is 23.2 Å². The molecule has 0 saturated carbocycles. The molecule has 1 amide bonds. The molecule has 2 aromatic heterocycles. The Labute approximate surface area is 158 Å². The lowest BCUT2D eigenvalue weighted by atomic mass is 10.2. The van der Waals surface area contributed by atoms with E-state index in [1.54, 1.807) is 10.9 Å². The molecule has 0 saturated heterocycles. The number of pyridine rings is 1. The molecule has 27 heavy (non-hydrogen) atoms. The number of anilines is 1. The predicted octanol–water partition coefficient (Wildman–Crippen LogP) is 2.32. The van der Waals surface area contributed by atoms with Crippen LogP contribution in [0.4, 0.5) is 5.69 Å². The number of amides is 1. The highest BCUT2D eigenvalue weighted by atomic mass is 35.5. The number of carbonyl (C=O) groups excluding carboxylic acids is 1. The van der Waals surface area contributed by atoms with Gasteiger partial charge in [0.15, 0.2) is 17.6 Å². The number of halogens is 1. The monoisotopic (exact) mass is 386 g/mol. The van der Waals surface area contributed by atoms with E-state index in [0.29, 0.717) is 24.6 Å². The molecule has 0 aliphatic carbocycles. The summed E-state index contributed by atoms with van der Waals surface area (Å²) in [5, 5.41) is 6.88. The molecule has 1 aliphatic heterocycles. The van der Waals surface area contributed by atoms with Crippen molar-refractivity contribution in [2.24, 2.45) is 0 Å². The molecule has 0 fully saturated rings. The van der Waals surface area contributed by atoms with E-state index in [1.165, 1.54) is 18.5 Å². The summed E-state index contributed by atoms with van der Waals surface area (Å²) >= 11 is 5.74. The summed E-state index contributed by atoms with van der Waals surface area (Å²) in [6.45, 7) is 0.878. The van der Waals surface area contributed by atoms with Crippen LogP contribution in [0.25, 0.3) is 0 Å². The maximum Gasteiger partial charge on any atom is 0.266 e. The molecule has 0 spiro atoms. The number of fused-ring (bicyclic) bond motifs is 1. The second kappa shape index (κ2) is 7.16. The van der Waals surface area contributed by atoms with Crippen LogP contribution >= 0.6 is 11.6 Å². The third-order valence-corrected chi connectivity index (χ3v) is 4.25. The van der Waals surface area contributed by atoms with Crippen molar-refractivity contribution in [3.8, 4) is 11.5 Å². The van der Waals surface area contributed by atoms with E-state index in [2.05, 4.69) is 15.4 Å². The Morgan fingerprint density at radius 2 is 2.19 bits per heavy atom. The highest BCUT2D eigenvalue weighted by Gasteiger charge is 2.21. The van der Waals surface area contributed by atoms with Crippen LogP contribution in [-0.4, -0.2) is 33.4 Å². The SMILES string of the molecule is O=C(Nc1cnn(C[C@@H]2COc3ccccc3O2)c1)c1c[nH]c(=O)c(Cl)c1. The van der Waals surface area contributed by atoms with Crippen molar-refractivity contribution < 1.29 is 14.3 Å². The Bertz CT molecular complexity index is 1050. The zero-order valence-electron chi connectivity index (χ0n) is 14.0. The van der Waals surface area contributed by atoms with Gasteiger partial charge in [-0.2, -0.15) is 5.10 Å². The second-order valence-electron chi connectivity index (χ2n) is 5.97. The normalized spacial score (nSPS) is 15.4. The Balaban J connectivity index is 1.39. The van der Waals surface area contributed by atoms with Crippen LogP contribution in [0, 0.1) is 0 Å². The van der Waals surface area contributed by atoms with Crippen molar-refractivity contribution in [3.05, 3.63) is 69.9 Å². The van der Waals surface area contributed by atoms with Gasteiger partial charge in [0.2, 0.25) is 0 Å². The van der Waals surface area contributed by atoms with Crippen molar-refractivity contribution in [2.75, 3.05) is 11.9 Å². The Morgan fingerprint density at radius 3 is 3.00 bits per heavy atom. The fraction of sp³-hybridized carbons (Fsp3) is 0.167. The van der Waals surface area contributed by atoms with E-state index in [9.17, 15) is 9.59 Å². The van der Waals surface area contributed by atoms with Crippen molar-refractivity contribution in [1.29, 1.82) is 0 Å². The number of rotatable bonds is 4. The molecule has 0 unspecified atom stereocenters. The minimum atomic E-state index is -0.447. The first kappa shape index (κ1) is 17.2. The largest absolute Gasteiger partial charge is 0.486 e. The number of benzene rings is 1. The standard InChI is InChI=1S/C18H15ClN4O4/c19-14-5-11(6-20-18(14)25)17(24)22-12-7-21-23(8-12)9-13-10-26-15-3-1-2-4-16(15)27-13/h1-8,13H,9-10H2,(H,20,25)(H,22,24)/t13-/m1/s1. The van der Waals surface area contributed by atoms with E-state index in [-0.39, 0.29) is 16.7 Å². The number of nitrogens with zero attached hydrogens (tertiary/aromatic N) is 2. The molecule has 2 N–H and O–H groups in total. The number of hydrogen-bond acceptors (Lipinski definition) is 5. The molecule has 3 heterocycles. The molecule has 9 heteroatoms. The number of aromatic amines is 1. The molecule has 0 radical (unpaired) electrons. The summed E-state index contributed by atoms with van der Waals surface area (Å²) in [7, 11) is 0. The van der Waals surface area contributed by atoms with E-state index in [4.69, 9.17) is 21.1 Å². The number of nitrogens with one attached hydrogen (secondary N) is 2. The molecular formula is C18H15ClN4O4. The Kier molecular flexibility index (Phi) is 4.55. The second-order valence-corrected chi connectivity index (χ2v) is 6.38. The van der Waals surface area contributed by atoms with Crippen LogP contribution < -0.4 is 20.3 Å². The van der Waals surface area contributed by atoms with Gasteiger partial charge < -0.3 is 19.8 Å². The Hall–Kier alpha value is -3.26. The van der Waals surface area contributed by atoms with Gasteiger partial charge in [-0.1, -0.05) is 23.7 Å². The first-order valence-corrected chi connectivity index (χ1v) is 8.57. The Morgan fingerprint density at radius 1 is 1.37 bits per heavy atom. The molecule has 1 aromatic carbocycles. The smallest absolute Gasteiger partial charge is 0.266 e. The van der Waals surface area contributed by atoms with Gasteiger partial charge >= 0.3 is 0 Å². The molecule has 138 valence electrons. The average Bonchev–Trinajstić information content (AvgIpc) is 3.10. The highest BCUT2D eigenvalue weighted by molar-refractivity contribution is 6.30. The summed E-state index contributed by atoms with van der Waals surface area (Å²) in [4.78, 5) is 25.9. The molecule has 1 atom stereocenters. The quantitative estimate of drug-likeness (QED) is 0.717. The van der Waals surface area contributed by atoms with Gasteiger partial charge in [-0.15, -0.1) is 0 Å². The molecule has 4 rings (SSSR count). The topological polar surface area (TPSA) is 98.2 Å². The number of hydrogen-bond donors (Lipinski definition) is 2. The van der Waals surface area contributed by atoms with Gasteiger partial charge in [-0.05, 0) is 18.2 Å². The lowest BCUT2D eigenvalue weighted by molar-refractivity contribution is 0.0759. The zero-order valence-corrected chi connectivity index (χ0v) is 14.8. The molecule has 0 bridgehead atoms. The van der Waals surface area contributed by atoms with E-state index in [0.717, 1.165) is 5.75 Å². The van der Waals surface area contributed by atoms with E-state index < -0.39 is 11.5 Å². The van der Waals surface area contributed by atoms with Crippen LogP contribution in [0.5, 0.6) is 11.5 Å².